The van der Waals surface area contributed by atoms with Crippen molar-refractivity contribution in [1.82, 2.24) is 0 Å². The molecule has 16 heavy (non-hydrogen) atoms. The van der Waals surface area contributed by atoms with Gasteiger partial charge in [-0.25, -0.2) is 0 Å². The first-order valence-corrected chi connectivity index (χ1v) is 6.26. The summed E-state index contributed by atoms with van der Waals surface area (Å²) in [6.45, 7) is 5.67. The molecule has 0 heterocycles. The number of carbonyl (C=O) groups excluding carboxylic acids is 1. The molecule has 0 aromatic rings. The molecule has 0 radical (unpaired) electrons. The van der Waals surface area contributed by atoms with E-state index in [9.17, 15) is 15.0 Å². The highest BCUT2D eigenvalue weighted by Crippen LogP contribution is 2.59. The molecular weight excluding hydrogens is 204 g/mol. The van der Waals surface area contributed by atoms with E-state index in [1.165, 1.54) is 0 Å². The Labute approximate surface area is 96.9 Å². The summed E-state index contributed by atoms with van der Waals surface area (Å²) in [6, 6.07) is 0. The summed E-state index contributed by atoms with van der Waals surface area (Å²) in [4.78, 5) is 12.0. The van der Waals surface area contributed by atoms with E-state index in [0.29, 0.717) is 32.1 Å². The van der Waals surface area contributed by atoms with Crippen LogP contribution in [0.1, 0.15) is 52.9 Å². The number of aliphatic hydroxyl groups is 2. The third-order valence-corrected chi connectivity index (χ3v) is 5.15. The predicted molar refractivity (Wildman–Crippen MR) is 60.9 cm³/mol. The van der Waals surface area contributed by atoms with Gasteiger partial charge in [0.15, 0.2) is 0 Å². The van der Waals surface area contributed by atoms with E-state index >= 15 is 0 Å². The van der Waals surface area contributed by atoms with Gasteiger partial charge in [-0.3, -0.25) is 4.79 Å². The maximum absolute atomic E-state index is 12.0. The van der Waals surface area contributed by atoms with Crippen LogP contribution < -0.4 is 0 Å². The molecule has 0 amide bonds. The largest absolute Gasteiger partial charge is 0.387 e. The number of ketones is 1. The zero-order chi connectivity index (χ0) is 12.2. The van der Waals surface area contributed by atoms with Crippen molar-refractivity contribution in [3.8, 4) is 0 Å². The van der Waals surface area contributed by atoms with Gasteiger partial charge in [0.1, 0.15) is 11.4 Å². The van der Waals surface area contributed by atoms with Gasteiger partial charge in [0.05, 0.1) is 11.0 Å². The first kappa shape index (κ1) is 12.1. The lowest BCUT2D eigenvalue weighted by Crippen LogP contribution is -2.63. The highest BCUT2D eigenvalue weighted by Gasteiger charge is 2.69. The first-order valence-electron chi connectivity index (χ1n) is 6.26. The molecule has 3 nitrogen and oxygen atoms in total. The fourth-order valence-corrected chi connectivity index (χ4v) is 3.74. The lowest BCUT2D eigenvalue weighted by Gasteiger charge is -2.50. The minimum Gasteiger partial charge on any atom is -0.387 e. The average molecular weight is 226 g/mol. The molecule has 0 saturated heterocycles. The van der Waals surface area contributed by atoms with Crippen LogP contribution in [0.15, 0.2) is 0 Å². The standard InChI is InChI=1S/C13H22O3/c1-9(2)12(15)8-7-11(3)10(14)5-4-6-13(11,12)16/h9,15-16H,4-8H2,1-3H3/t11-,12-,13-/m1/s1. The fourth-order valence-electron chi connectivity index (χ4n) is 3.74. The number of Topliss-reactive ketones (excluding diaryl/α,β-unsaturated/α-hetero) is 1. The average Bonchev–Trinajstić information content (AvgIpc) is 2.42. The van der Waals surface area contributed by atoms with Gasteiger partial charge in [-0.05, 0) is 38.5 Å². The SMILES string of the molecule is CC(C)[C@]1(O)CC[C@]2(C)C(=O)CCC[C@]12O. The van der Waals surface area contributed by atoms with Crippen LogP contribution in [-0.2, 0) is 4.79 Å². The summed E-state index contributed by atoms with van der Waals surface area (Å²) >= 11 is 0. The number of hydrogen-bond acceptors (Lipinski definition) is 3. The van der Waals surface area contributed by atoms with Crippen molar-refractivity contribution in [1.29, 1.82) is 0 Å². The Morgan fingerprint density at radius 1 is 1.19 bits per heavy atom. The van der Waals surface area contributed by atoms with Gasteiger partial charge in [-0.2, -0.15) is 0 Å². The van der Waals surface area contributed by atoms with Crippen LogP contribution in [0, 0.1) is 11.3 Å². The van der Waals surface area contributed by atoms with Gasteiger partial charge in [-0.1, -0.05) is 13.8 Å². The Balaban J connectivity index is 2.48. The number of hydrogen-bond donors (Lipinski definition) is 2. The molecule has 0 spiro atoms. The summed E-state index contributed by atoms with van der Waals surface area (Å²) in [7, 11) is 0. The maximum Gasteiger partial charge on any atom is 0.141 e. The Bertz CT molecular complexity index is 325. The molecule has 92 valence electrons. The Morgan fingerprint density at radius 2 is 1.81 bits per heavy atom. The van der Waals surface area contributed by atoms with Crippen LogP contribution in [0.2, 0.25) is 0 Å². The van der Waals surface area contributed by atoms with E-state index < -0.39 is 16.6 Å². The number of carbonyl (C=O) groups is 1. The van der Waals surface area contributed by atoms with Gasteiger partial charge in [0, 0.05) is 6.42 Å². The number of rotatable bonds is 1. The molecule has 3 atom stereocenters. The van der Waals surface area contributed by atoms with Crippen molar-refractivity contribution in [3.05, 3.63) is 0 Å². The highest BCUT2D eigenvalue weighted by atomic mass is 16.4. The molecule has 2 saturated carbocycles. The molecule has 0 aliphatic heterocycles. The van der Waals surface area contributed by atoms with Gasteiger partial charge < -0.3 is 10.2 Å². The maximum atomic E-state index is 12.0. The van der Waals surface area contributed by atoms with Crippen molar-refractivity contribution in [2.24, 2.45) is 11.3 Å². The second-order valence-electron chi connectivity index (χ2n) is 6.05. The Hall–Kier alpha value is -0.410. The van der Waals surface area contributed by atoms with Gasteiger partial charge in [0.25, 0.3) is 0 Å². The molecule has 2 aliphatic carbocycles. The summed E-state index contributed by atoms with van der Waals surface area (Å²) in [6.07, 6.45) is 2.93. The third-order valence-electron chi connectivity index (χ3n) is 5.15. The first-order chi connectivity index (χ1) is 7.28. The van der Waals surface area contributed by atoms with Crippen LogP contribution >= 0.6 is 0 Å². The molecule has 0 aromatic carbocycles. The quantitative estimate of drug-likeness (QED) is 0.715. The van der Waals surface area contributed by atoms with Crippen LogP contribution in [0.4, 0.5) is 0 Å². The molecule has 0 bridgehead atoms. The Morgan fingerprint density at radius 3 is 2.38 bits per heavy atom. The summed E-state index contributed by atoms with van der Waals surface area (Å²) in [5.41, 5.74) is -3.05. The van der Waals surface area contributed by atoms with Crippen LogP contribution in [0.5, 0.6) is 0 Å². The van der Waals surface area contributed by atoms with E-state index in [0.717, 1.165) is 0 Å². The molecule has 2 N–H and O–H groups in total. The van der Waals surface area contributed by atoms with E-state index in [1.54, 1.807) is 0 Å². The lowest BCUT2D eigenvalue weighted by molar-refractivity contribution is -0.207. The van der Waals surface area contributed by atoms with Gasteiger partial charge in [-0.15, -0.1) is 0 Å². The van der Waals surface area contributed by atoms with Crippen molar-refractivity contribution in [2.45, 2.75) is 64.1 Å². The zero-order valence-corrected chi connectivity index (χ0v) is 10.4. The molecule has 2 rings (SSSR count). The Kier molecular flexibility index (Phi) is 2.48. The number of fused-ring (bicyclic) bond motifs is 1. The topological polar surface area (TPSA) is 57.5 Å². The molecule has 2 fully saturated rings. The minimum atomic E-state index is -1.22. The second-order valence-corrected chi connectivity index (χ2v) is 6.05. The normalized spacial score (nSPS) is 48.5. The molecule has 0 aromatic heterocycles. The van der Waals surface area contributed by atoms with E-state index in [2.05, 4.69) is 0 Å². The van der Waals surface area contributed by atoms with E-state index in [4.69, 9.17) is 0 Å². The molecular formula is C13H22O3. The fraction of sp³-hybridized carbons (Fsp3) is 0.923. The van der Waals surface area contributed by atoms with Gasteiger partial charge >= 0.3 is 0 Å². The smallest absolute Gasteiger partial charge is 0.141 e. The minimum absolute atomic E-state index is 0.0229. The highest BCUT2D eigenvalue weighted by molar-refractivity contribution is 5.87. The van der Waals surface area contributed by atoms with Crippen molar-refractivity contribution in [3.63, 3.8) is 0 Å². The van der Waals surface area contributed by atoms with Crippen LogP contribution in [-0.4, -0.2) is 27.2 Å². The molecule has 2 aliphatic rings. The second kappa shape index (κ2) is 3.30. The van der Waals surface area contributed by atoms with E-state index in [1.807, 2.05) is 20.8 Å². The van der Waals surface area contributed by atoms with Crippen molar-refractivity contribution < 1.29 is 15.0 Å². The summed E-state index contributed by atoms with van der Waals surface area (Å²) < 4.78 is 0. The summed E-state index contributed by atoms with van der Waals surface area (Å²) in [5.74, 6) is 0.100. The summed E-state index contributed by atoms with van der Waals surface area (Å²) in [5, 5.41) is 21.6. The van der Waals surface area contributed by atoms with Crippen LogP contribution in [0.3, 0.4) is 0 Å². The zero-order valence-electron chi connectivity index (χ0n) is 10.4. The third kappa shape index (κ3) is 1.13. The predicted octanol–water partition coefficient (Wildman–Crippen LogP) is 1.66. The van der Waals surface area contributed by atoms with Crippen molar-refractivity contribution in [2.75, 3.05) is 0 Å². The van der Waals surface area contributed by atoms with Gasteiger partial charge in [0.2, 0.25) is 0 Å². The monoisotopic (exact) mass is 226 g/mol. The lowest BCUT2D eigenvalue weighted by atomic mass is 9.60. The molecule has 0 unspecified atom stereocenters. The molecule has 3 heteroatoms. The van der Waals surface area contributed by atoms with Crippen molar-refractivity contribution >= 4 is 5.78 Å². The van der Waals surface area contributed by atoms with E-state index in [-0.39, 0.29) is 11.7 Å². The van der Waals surface area contributed by atoms with Crippen LogP contribution in [0.25, 0.3) is 0 Å².